The highest BCUT2D eigenvalue weighted by Crippen LogP contribution is 2.34. The minimum absolute atomic E-state index is 0.0896. The summed E-state index contributed by atoms with van der Waals surface area (Å²) < 4.78 is 8.02. The van der Waals surface area contributed by atoms with Crippen LogP contribution in [0.3, 0.4) is 0 Å². The van der Waals surface area contributed by atoms with Crippen molar-refractivity contribution in [2.75, 3.05) is 20.2 Å². The molecule has 5 rings (SSSR count). The molecule has 2 aliphatic rings. The number of nitrogens with one attached hydrogen (secondary N) is 1. The van der Waals surface area contributed by atoms with E-state index in [9.17, 15) is 4.79 Å². The van der Waals surface area contributed by atoms with Crippen LogP contribution in [-0.2, 0) is 16.1 Å². The van der Waals surface area contributed by atoms with Gasteiger partial charge in [0.2, 0.25) is 5.91 Å². The normalized spacial score (nSPS) is 22.6. The number of ether oxygens (including phenoxy) is 1. The highest BCUT2D eigenvalue weighted by molar-refractivity contribution is 8.00. The van der Waals surface area contributed by atoms with Crippen LogP contribution >= 0.6 is 11.8 Å². The van der Waals surface area contributed by atoms with Crippen LogP contribution in [0.4, 0.5) is 0 Å². The Morgan fingerprint density at radius 2 is 2.18 bits per heavy atom. The van der Waals surface area contributed by atoms with E-state index in [4.69, 9.17) is 4.74 Å². The molecule has 3 aromatic rings. The number of para-hydroxylation sites is 1. The number of hydrogen-bond acceptors (Lipinski definition) is 5. The predicted molar refractivity (Wildman–Crippen MR) is 108 cm³/mol. The summed E-state index contributed by atoms with van der Waals surface area (Å²) in [7, 11) is 1.86. The average Bonchev–Trinajstić information content (AvgIpc) is 3.48. The number of hydrogen-bond donors (Lipinski definition) is 1. The number of aromatic nitrogens is 4. The zero-order valence-corrected chi connectivity index (χ0v) is 16.6. The molecule has 2 saturated heterocycles. The SMILES string of the molecule is CN1CCC(Sc2nnc(-c3c[nH]c4ccccc34)n2CC2CCCO2)C1=O. The molecule has 2 fully saturated rings. The third-order valence-corrected chi connectivity index (χ3v) is 6.82. The monoisotopic (exact) mass is 397 g/mol. The fourth-order valence-corrected chi connectivity index (χ4v) is 5.15. The Hall–Kier alpha value is -2.32. The number of amides is 1. The molecule has 2 aliphatic heterocycles. The van der Waals surface area contributed by atoms with Crippen LogP contribution in [0.15, 0.2) is 35.6 Å². The van der Waals surface area contributed by atoms with Crippen LogP contribution in [0, 0.1) is 0 Å². The summed E-state index contributed by atoms with van der Waals surface area (Å²) in [6.07, 6.45) is 5.13. The second-order valence-electron chi connectivity index (χ2n) is 7.45. The molecule has 2 unspecified atom stereocenters. The maximum atomic E-state index is 12.4. The lowest BCUT2D eigenvalue weighted by Gasteiger charge is -2.16. The predicted octanol–water partition coefficient (Wildman–Crippen LogP) is 2.93. The van der Waals surface area contributed by atoms with Crippen molar-refractivity contribution < 1.29 is 9.53 Å². The Kier molecular flexibility index (Phi) is 4.60. The van der Waals surface area contributed by atoms with Gasteiger partial charge in [-0.3, -0.25) is 9.36 Å². The van der Waals surface area contributed by atoms with Gasteiger partial charge in [0.05, 0.1) is 17.9 Å². The van der Waals surface area contributed by atoms with E-state index >= 15 is 0 Å². The van der Waals surface area contributed by atoms with Crippen LogP contribution in [-0.4, -0.2) is 62.1 Å². The number of likely N-dealkylation sites (tertiary alicyclic amines) is 1. The van der Waals surface area contributed by atoms with Crippen molar-refractivity contribution in [3.63, 3.8) is 0 Å². The molecular weight excluding hydrogens is 374 g/mol. The first-order chi connectivity index (χ1) is 13.7. The van der Waals surface area contributed by atoms with Crippen LogP contribution in [0.1, 0.15) is 19.3 Å². The van der Waals surface area contributed by atoms with Crippen molar-refractivity contribution in [3.05, 3.63) is 30.5 Å². The van der Waals surface area contributed by atoms with E-state index in [1.165, 1.54) is 11.8 Å². The molecule has 0 aliphatic carbocycles. The van der Waals surface area contributed by atoms with E-state index in [2.05, 4.69) is 31.9 Å². The van der Waals surface area contributed by atoms with E-state index in [1.54, 1.807) is 4.90 Å². The molecule has 2 aromatic heterocycles. The quantitative estimate of drug-likeness (QED) is 0.716. The first-order valence-corrected chi connectivity index (χ1v) is 10.6. The Labute approximate surface area is 167 Å². The molecule has 1 aromatic carbocycles. The van der Waals surface area contributed by atoms with Crippen molar-refractivity contribution in [2.24, 2.45) is 0 Å². The topological polar surface area (TPSA) is 76.0 Å². The molecule has 4 heterocycles. The molecule has 7 nitrogen and oxygen atoms in total. The van der Waals surface area contributed by atoms with Gasteiger partial charge in [0.1, 0.15) is 0 Å². The molecule has 28 heavy (non-hydrogen) atoms. The minimum Gasteiger partial charge on any atom is -0.376 e. The lowest BCUT2D eigenvalue weighted by atomic mass is 10.1. The maximum Gasteiger partial charge on any atom is 0.235 e. The van der Waals surface area contributed by atoms with E-state index < -0.39 is 0 Å². The molecular formula is C20H23N5O2S. The van der Waals surface area contributed by atoms with Crippen molar-refractivity contribution in [2.45, 2.75) is 42.3 Å². The summed E-state index contributed by atoms with van der Waals surface area (Å²) in [4.78, 5) is 17.5. The van der Waals surface area contributed by atoms with E-state index in [1.807, 2.05) is 25.4 Å². The number of carbonyl (C=O) groups is 1. The highest BCUT2D eigenvalue weighted by Gasteiger charge is 2.32. The van der Waals surface area contributed by atoms with Crippen LogP contribution < -0.4 is 0 Å². The number of H-pyrrole nitrogens is 1. The van der Waals surface area contributed by atoms with Crippen LogP contribution in [0.2, 0.25) is 0 Å². The Morgan fingerprint density at radius 1 is 1.29 bits per heavy atom. The van der Waals surface area contributed by atoms with Crippen molar-refractivity contribution >= 4 is 28.6 Å². The lowest BCUT2D eigenvalue weighted by molar-refractivity contribution is -0.126. The van der Waals surface area contributed by atoms with Crippen LogP contribution in [0.5, 0.6) is 0 Å². The third kappa shape index (κ3) is 3.10. The number of fused-ring (bicyclic) bond motifs is 1. The van der Waals surface area contributed by atoms with E-state index in [0.29, 0.717) is 6.54 Å². The van der Waals surface area contributed by atoms with Gasteiger partial charge in [0.25, 0.3) is 0 Å². The fraction of sp³-hybridized carbons (Fsp3) is 0.450. The second-order valence-corrected chi connectivity index (χ2v) is 8.62. The number of aromatic amines is 1. The highest BCUT2D eigenvalue weighted by atomic mass is 32.2. The second kappa shape index (κ2) is 7.25. The molecule has 146 valence electrons. The van der Waals surface area contributed by atoms with Gasteiger partial charge < -0.3 is 14.6 Å². The van der Waals surface area contributed by atoms with Gasteiger partial charge in [-0.05, 0) is 25.3 Å². The molecule has 2 atom stereocenters. The summed E-state index contributed by atoms with van der Waals surface area (Å²) in [5.74, 6) is 1.000. The first kappa shape index (κ1) is 17.8. The smallest absolute Gasteiger partial charge is 0.235 e. The number of nitrogens with zero attached hydrogens (tertiary/aromatic N) is 4. The molecule has 8 heteroatoms. The van der Waals surface area contributed by atoms with Gasteiger partial charge in [0.15, 0.2) is 11.0 Å². The number of thioether (sulfide) groups is 1. The zero-order chi connectivity index (χ0) is 19.1. The molecule has 0 spiro atoms. The first-order valence-electron chi connectivity index (χ1n) is 9.73. The molecule has 0 bridgehead atoms. The van der Waals surface area contributed by atoms with E-state index in [-0.39, 0.29) is 17.3 Å². The van der Waals surface area contributed by atoms with Gasteiger partial charge in [0, 0.05) is 42.9 Å². The van der Waals surface area contributed by atoms with Gasteiger partial charge in [-0.1, -0.05) is 30.0 Å². The zero-order valence-electron chi connectivity index (χ0n) is 15.8. The fourth-order valence-electron chi connectivity index (χ4n) is 4.02. The van der Waals surface area contributed by atoms with E-state index in [0.717, 1.165) is 59.9 Å². The largest absolute Gasteiger partial charge is 0.376 e. The summed E-state index contributed by atoms with van der Waals surface area (Å²) in [6, 6.07) is 8.20. The van der Waals surface area contributed by atoms with Gasteiger partial charge in [-0.25, -0.2) is 0 Å². The van der Waals surface area contributed by atoms with Gasteiger partial charge in [-0.15, -0.1) is 10.2 Å². The van der Waals surface area contributed by atoms with Crippen molar-refractivity contribution in [3.8, 4) is 11.4 Å². The number of rotatable bonds is 5. The summed E-state index contributed by atoms with van der Waals surface area (Å²) in [5, 5.41) is 10.8. The molecule has 1 N–H and O–H groups in total. The molecule has 0 saturated carbocycles. The number of carbonyl (C=O) groups excluding carboxylic acids is 1. The summed E-state index contributed by atoms with van der Waals surface area (Å²) >= 11 is 1.53. The van der Waals surface area contributed by atoms with Gasteiger partial charge >= 0.3 is 0 Å². The van der Waals surface area contributed by atoms with Crippen molar-refractivity contribution in [1.29, 1.82) is 0 Å². The minimum atomic E-state index is -0.0896. The summed E-state index contributed by atoms with van der Waals surface area (Å²) in [6.45, 7) is 2.32. The van der Waals surface area contributed by atoms with Crippen LogP contribution in [0.25, 0.3) is 22.3 Å². The Morgan fingerprint density at radius 3 is 2.96 bits per heavy atom. The lowest BCUT2D eigenvalue weighted by Crippen LogP contribution is -2.24. The Balaban J connectivity index is 1.53. The maximum absolute atomic E-state index is 12.4. The number of benzene rings is 1. The van der Waals surface area contributed by atoms with Gasteiger partial charge in [-0.2, -0.15) is 0 Å². The summed E-state index contributed by atoms with van der Waals surface area (Å²) in [5.41, 5.74) is 2.11. The third-order valence-electron chi connectivity index (χ3n) is 5.58. The Bertz CT molecular complexity index is 1010. The molecule has 0 radical (unpaired) electrons. The standard InChI is InChI=1S/C20H23N5O2S/c1-24-9-8-17(19(24)26)28-20-23-22-18(25(20)12-13-5-4-10-27-13)15-11-21-16-7-3-2-6-14(15)16/h2-3,6-7,11,13,17,21H,4-5,8-10,12H2,1H3. The molecule has 1 amide bonds. The van der Waals surface area contributed by atoms with Crippen molar-refractivity contribution in [1.82, 2.24) is 24.6 Å². The average molecular weight is 398 g/mol.